The van der Waals surface area contributed by atoms with Crippen molar-refractivity contribution in [2.75, 3.05) is 12.3 Å². The number of nitrogens with two attached hydrogens (primary N) is 1. The van der Waals surface area contributed by atoms with E-state index in [0.717, 1.165) is 11.3 Å². The van der Waals surface area contributed by atoms with Crippen molar-refractivity contribution in [3.8, 4) is 17.0 Å². The minimum atomic E-state index is 0.549. The van der Waals surface area contributed by atoms with Gasteiger partial charge in [-0.3, -0.25) is 0 Å². The Balaban J connectivity index is 2.51. The summed E-state index contributed by atoms with van der Waals surface area (Å²) < 4.78 is 5.41. The van der Waals surface area contributed by atoms with Gasteiger partial charge in [0.05, 0.1) is 28.7 Å². The Morgan fingerprint density at radius 3 is 2.63 bits per heavy atom. The monoisotopic (exact) mass is 277 g/mol. The molecule has 0 bridgehead atoms. The van der Waals surface area contributed by atoms with E-state index in [1.54, 1.807) is 0 Å². The van der Waals surface area contributed by atoms with Gasteiger partial charge < -0.3 is 10.5 Å². The zero-order valence-electron chi connectivity index (χ0n) is 11.2. The highest BCUT2D eigenvalue weighted by Gasteiger charge is 2.11. The minimum Gasteiger partial charge on any atom is -0.492 e. The summed E-state index contributed by atoms with van der Waals surface area (Å²) in [6.45, 7) is 6.20. The number of nitrogens with zero attached hydrogens (tertiary/aromatic N) is 2. The van der Waals surface area contributed by atoms with Crippen LogP contribution in [0.3, 0.4) is 0 Å². The van der Waals surface area contributed by atoms with Crippen LogP contribution in [0.15, 0.2) is 18.2 Å². The average molecular weight is 278 g/mol. The standard InChI is InChI=1S/C14H16ClN3O/c1-4-19-12-6-5-10(7-11(12)15)14-13(16)8(2)17-9(3)18-14/h5-7H,4,16H2,1-3H3. The van der Waals surface area contributed by atoms with Crippen molar-refractivity contribution < 1.29 is 4.74 Å². The van der Waals surface area contributed by atoms with Gasteiger partial charge in [0.2, 0.25) is 0 Å². The maximum Gasteiger partial charge on any atom is 0.137 e. The molecule has 0 spiro atoms. The summed E-state index contributed by atoms with van der Waals surface area (Å²) in [5.41, 5.74) is 8.94. The van der Waals surface area contributed by atoms with E-state index in [-0.39, 0.29) is 0 Å². The molecule has 0 aliphatic carbocycles. The molecule has 0 aliphatic rings. The summed E-state index contributed by atoms with van der Waals surface area (Å²) in [7, 11) is 0. The topological polar surface area (TPSA) is 61.0 Å². The van der Waals surface area contributed by atoms with E-state index in [1.165, 1.54) is 0 Å². The molecule has 0 atom stereocenters. The number of hydrogen-bond acceptors (Lipinski definition) is 4. The van der Waals surface area contributed by atoms with Gasteiger partial charge in [-0.25, -0.2) is 9.97 Å². The van der Waals surface area contributed by atoms with Gasteiger partial charge in [-0.2, -0.15) is 0 Å². The normalized spacial score (nSPS) is 10.5. The molecule has 2 rings (SSSR count). The third-order valence-corrected chi connectivity index (χ3v) is 3.05. The Morgan fingerprint density at radius 1 is 1.26 bits per heavy atom. The third-order valence-electron chi connectivity index (χ3n) is 2.75. The number of anilines is 1. The van der Waals surface area contributed by atoms with Crippen LogP contribution in [0.25, 0.3) is 11.3 Å². The third kappa shape index (κ3) is 2.79. The van der Waals surface area contributed by atoms with Gasteiger partial charge in [-0.15, -0.1) is 0 Å². The molecular formula is C14H16ClN3O. The van der Waals surface area contributed by atoms with E-state index in [2.05, 4.69) is 9.97 Å². The second kappa shape index (κ2) is 5.45. The number of aryl methyl sites for hydroxylation is 2. The molecule has 4 nitrogen and oxygen atoms in total. The average Bonchev–Trinajstić information content (AvgIpc) is 2.36. The zero-order valence-corrected chi connectivity index (χ0v) is 12.0. The lowest BCUT2D eigenvalue weighted by atomic mass is 10.1. The molecule has 1 aromatic carbocycles. The molecule has 0 fully saturated rings. The van der Waals surface area contributed by atoms with Crippen LogP contribution < -0.4 is 10.5 Å². The molecule has 0 saturated heterocycles. The molecule has 0 unspecified atom stereocenters. The maximum atomic E-state index is 6.18. The van der Waals surface area contributed by atoms with Crippen molar-refractivity contribution in [1.82, 2.24) is 9.97 Å². The van der Waals surface area contributed by atoms with E-state index in [1.807, 2.05) is 39.0 Å². The predicted molar refractivity (Wildman–Crippen MR) is 77.5 cm³/mol. The van der Waals surface area contributed by atoms with Crippen LogP contribution in [-0.4, -0.2) is 16.6 Å². The van der Waals surface area contributed by atoms with Crippen molar-refractivity contribution in [2.45, 2.75) is 20.8 Å². The summed E-state index contributed by atoms with van der Waals surface area (Å²) >= 11 is 6.18. The summed E-state index contributed by atoms with van der Waals surface area (Å²) in [4.78, 5) is 8.62. The fraction of sp³-hybridized carbons (Fsp3) is 0.286. The van der Waals surface area contributed by atoms with Crippen molar-refractivity contribution in [3.63, 3.8) is 0 Å². The molecular weight excluding hydrogens is 262 g/mol. The molecule has 5 heteroatoms. The first-order valence-corrected chi connectivity index (χ1v) is 6.44. The SMILES string of the molecule is CCOc1ccc(-c2nc(C)nc(C)c2N)cc1Cl. The van der Waals surface area contributed by atoms with Gasteiger partial charge in [0, 0.05) is 5.56 Å². The summed E-state index contributed by atoms with van der Waals surface area (Å²) in [5.74, 6) is 1.35. The molecule has 0 saturated carbocycles. The van der Waals surface area contributed by atoms with Crippen LogP contribution in [0.5, 0.6) is 5.75 Å². The van der Waals surface area contributed by atoms with Gasteiger partial charge in [0.15, 0.2) is 0 Å². The Kier molecular flexibility index (Phi) is 3.90. The van der Waals surface area contributed by atoms with Crippen molar-refractivity contribution in [1.29, 1.82) is 0 Å². The molecule has 1 heterocycles. The Hall–Kier alpha value is -1.81. The van der Waals surface area contributed by atoms with Crippen molar-refractivity contribution >= 4 is 17.3 Å². The van der Waals surface area contributed by atoms with E-state index in [4.69, 9.17) is 22.1 Å². The molecule has 2 N–H and O–H groups in total. The summed E-state index contributed by atoms with van der Waals surface area (Å²) in [6, 6.07) is 5.53. The lowest BCUT2D eigenvalue weighted by Gasteiger charge is -2.11. The Morgan fingerprint density at radius 2 is 2.00 bits per heavy atom. The fourth-order valence-corrected chi connectivity index (χ4v) is 2.10. The smallest absolute Gasteiger partial charge is 0.137 e. The lowest BCUT2D eigenvalue weighted by molar-refractivity contribution is 0.340. The highest BCUT2D eigenvalue weighted by atomic mass is 35.5. The summed E-state index contributed by atoms with van der Waals surface area (Å²) in [6.07, 6.45) is 0. The van der Waals surface area contributed by atoms with Crippen LogP contribution in [0.2, 0.25) is 5.02 Å². The highest BCUT2D eigenvalue weighted by Crippen LogP contribution is 2.32. The van der Waals surface area contributed by atoms with Gasteiger partial charge >= 0.3 is 0 Å². The number of benzene rings is 1. The maximum absolute atomic E-state index is 6.18. The molecule has 0 amide bonds. The highest BCUT2D eigenvalue weighted by molar-refractivity contribution is 6.32. The van der Waals surface area contributed by atoms with E-state index < -0.39 is 0 Å². The van der Waals surface area contributed by atoms with Gasteiger partial charge in [0.1, 0.15) is 11.6 Å². The van der Waals surface area contributed by atoms with E-state index >= 15 is 0 Å². The number of nitrogen functional groups attached to an aromatic ring is 1. The van der Waals surface area contributed by atoms with Gasteiger partial charge in [-0.05, 0) is 39.0 Å². The number of halogens is 1. The first-order valence-electron chi connectivity index (χ1n) is 6.06. The quantitative estimate of drug-likeness (QED) is 0.934. The number of aromatic nitrogens is 2. The van der Waals surface area contributed by atoms with E-state index in [9.17, 15) is 0 Å². The second-order valence-electron chi connectivity index (χ2n) is 4.20. The number of ether oxygens (including phenoxy) is 1. The molecule has 19 heavy (non-hydrogen) atoms. The van der Waals surface area contributed by atoms with Crippen LogP contribution in [-0.2, 0) is 0 Å². The number of rotatable bonds is 3. The van der Waals surface area contributed by atoms with Gasteiger partial charge in [0.25, 0.3) is 0 Å². The van der Waals surface area contributed by atoms with Gasteiger partial charge in [-0.1, -0.05) is 11.6 Å². The first-order chi connectivity index (χ1) is 9.02. The first kappa shape index (κ1) is 13.6. The van der Waals surface area contributed by atoms with Crippen LogP contribution in [0.4, 0.5) is 5.69 Å². The fourth-order valence-electron chi connectivity index (χ4n) is 1.86. The van der Waals surface area contributed by atoms with Crippen LogP contribution >= 0.6 is 11.6 Å². The van der Waals surface area contributed by atoms with Crippen LogP contribution in [0, 0.1) is 13.8 Å². The largest absolute Gasteiger partial charge is 0.492 e. The zero-order chi connectivity index (χ0) is 14.0. The minimum absolute atomic E-state index is 0.549. The predicted octanol–water partition coefficient (Wildman–Crippen LogP) is 3.39. The number of hydrogen-bond donors (Lipinski definition) is 1. The molecule has 2 aromatic rings. The molecule has 100 valence electrons. The molecule has 1 aromatic heterocycles. The van der Waals surface area contributed by atoms with Crippen molar-refractivity contribution in [2.24, 2.45) is 0 Å². The van der Waals surface area contributed by atoms with E-state index in [0.29, 0.717) is 34.6 Å². The Bertz CT molecular complexity index is 614. The summed E-state index contributed by atoms with van der Waals surface area (Å²) in [5, 5.41) is 0.549. The van der Waals surface area contributed by atoms with Crippen molar-refractivity contribution in [3.05, 3.63) is 34.7 Å². The lowest BCUT2D eigenvalue weighted by Crippen LogP contribution is -2.02. The molecule has 0 radical (unpaired) electrons. The Labute approximate surface area is 117 Å². The second-order valence-corrected chi connectivity index (χ2v) is 4.60. The molecule has 0 aliphatic heterocycles. The van der Waals surface area contributed by atoms with Crippen LogP contribution in [0.1, 0.15) is 18.4 Å².